The van der Waals surface area contributed by atoms with E-state index in [9.17, 15) is 21.6 Å². The summed E-state index contributed by atoms with van der Waals surface area (Å²) in [7, 11) is -3.97. The first kappa shape index (κ1) is 16.0. The van der Waals surface area contributed by atoms with E-state index in [0.29, 0.717) is 6.07 Å². The number of halogens is 3. The summed E-state index contributed by atoms with van der Waals surface area (Å²) in [5.74, 6) is -4.45. The lowest BCUT2D eigenvalue weighted by Gasteiger charge is -2.08. The molecule has 0 amide bonds. The quantitative estimate of drug-likeness (QED) is 0.878. The van der Waals surface area contributed by atoms with Gasteiger partial charge in [-0.25, -0.2) is 26.3 Å². The summed E-state index contributed by atoms with van der Waals surface area (Å²) in [5.41, 5.74) is -0.0401. The lowest BCUT2D eigenvalue weighted by atomic mass is 10.2. The maximum atomic E-state index is 13.5. The molecule has 0 atom stereocenters. The first-order valence-corrected chi connectivity index (χ1v) is 7.45. The van der Waals surface area contributed by atoms with Gasteiger partial charge >= 0.3 is 0 Å². The van der Waals surface area contributed by atoms with Crippen molar-refractivity contribution in [3.63, 3.8) is 0 Å². The summed E-state index contributed by atoms with van der Waals surface area (Å²) >= 11 is 0. The Bertz CT molecular complexity index is 844. The summed E-state index contributed by atoms with van der Waals surface area (Å²) in [6, 6.07) is 8.55. The fourth-order valence-corrected chi connectivity index (χ4v) is 2.67. The summed E-state index contributed by atoms with van der Waals surface area (Å²) in [5, 5.41) is 8.64. The Balaban J connectivity index is 2.19. The molecule has 22 heavy (non-hydrogen) atoms. The van der Waals surface area contributed by atoms with Gasteiger partial charge in [-0.2, -0.15) is 5.26 Å². The number of hydrogen-bond acceptors (Lipinski definition) is 3. The highest BCUT2D eigenvalue weighted by Crippen LogP contribution is 2.16. The van der Waals surface area contributed by atoms with Gasteiger partial charge in [0.15, 0.2) is 17.5 Å². The molecule has 0 saturated heterocycles. The predicted octanol–water partition coefficient (Wildman–Crippen LogP) is 2.45. The summed E-state index contributed by atoms with van der Waals surface area (Å²) in [6.45, 7) is -0.536. The topological polar surface area (TPSA) is 70.0 Å². The van der Waals surface area contributed by atoms with Crippen LogP contribution in [0.2, 0.25) is 0 Å². The van der Waals surface area contributed by atoms with E-state index < -0.39 is 34.0 Å². The van der Waals surface area contributed by atoms with E-state index in [4.69, 9.17) is 5.26 Å². The van der Waals surface area contributed by atoms with Gasteiger partial charge in [0.1, 0.15) is 0 Å². The molecule has 0 aliphatic heterocycles. The summed E-state index contributed by atoms with van der Waals surface area (Å²) in [4.78, 5) is -0.130. The van der Waals surface area contributed by atoms with Crippen LogP contribution in [0.4, 0.5) is 13.2 Å². The molecule has 8 heteroatoms. The average Bonchev–Trinajstić information content (AvgIpc) is 2.52. The van der Waals surface area contributed by atoms with Crippen molar-refractivity contribution >= 4 is 10.0 Å². The molecule has 4 nitrogen and oxygen atoms in total. The number of nitrogens with one attached hydrogen (secondary N) is 1. The molecule has 0 heterocycles. The molecule has 0 spiro atoms. The SMILES string of the molecule is N#Cc1ccc(S(=O)(=O)NCc2ccc(F)c(F)c2F)cc1. The van der Waals surface area contributed by atoms with Crippen LogP contribution in [0, 0.1) is 28.8 Å². The second-order valence-electron chi connectivity index (χ2n) is 4.30. The van der Waals surface area contributed by atoms with Crippen molar-refractivity contribution in [2.45, 2.75) is 11.4 Å². The standard InChI is InChI=1S/C14H9F3N2O2S/c15-12-6-3-10(13(16)14(12)17)8-19-22(20,21)11-4-1-9(7-18)2-5-11/h1-6,19H,8H2. The zero-order valence-electron chi connectivity index (χ0n) is 11.0. The van der Waals surface area contributed by atoms with Crippen molar-refractivity contribution in [2.75, 3.05) is 0 Å². The van der Waals surface area contributed by atoms with Crippen molar-refractivity contribution in [3.05, 3.63) is 65.0 Å². The summed E-state index contributed by atoms with van der Waals surface area (Å²) < 4.78 is 65.3. The highest BCUT2D eigenvalue weighted by molar-refractivity contribution is 7.89. The van der Waals surface area contributed by atoms with E-state index in [1.807, 2.05) is 6.07 Å². The maximum Gasteiger partial charge on any atom is 0.240 e. The molecule has 114 valence electrons. The molecule has 0 unspecified atom stereocenters. The number of hydrogen-bond donors (Lipinski definition) is 1. The Morgan fingerprint density at radius 1 is 1.00 bits per heavy atom. The molecule has 2 aromatic rings. The third kappa shape index (κ3) is 3.27. The smallest absolute Gasteiger partial charge is 0.207 e. The second kappa shape index (κ2) is 6.17. The van der Waals surface area contributed by atoms with Crippen LogP contribution in [0.5, 0.6) is 0 Å². The van der Waals surface area contributed by atoms with Gasteiger partial charge in [0.25, 0.3) is 0 Å². The van der Waals surface area contributed by atoms with Crippen LogP contribution in [-0.2, 0) is 16.6 Å². The molecular weight excluding hydrogens is 317 g/mol. The Morgan fingerprint density at radius 3 is 2.23 bits per heavy atom. The minimum Gasteiger partial charge on any atom is -0.207 e. The van der Waals surface area contributed by atoms with Crippen LogP contribution >= 0.6 is 0 Å². The number of nitrogens with zero attached hydrogens (tertiary/aromatic N) is 1. The van der Waals surface area contributed by atoms with Gasteiger partial charge in [-0.1, -0.05) is 6.07 Å². The largest absolute Gasteiger partial charge is 0.240 e. The highest BCUT2D eigenvalue weighted by Gasteiger charge is 2.17. The molecule has 0 aliphatic carbocycles. The zero-order chi connectivity index (χ0) is 16.3. The molecule has 0 aromatic heterocycles. The van der Waals surface area contributed by atoms with E-state index >= 15 is 0 Å². The van der Waals surface area contributed by atoms with Gasteiger partial charge in [-0.3, -0.25) is 0 Å². The fraction of sp³-hybridized carbons (Fsp3) is 0.0714. The number of nitriles is 1. The van der Waals surface area contributed by atoms with E-state index in [1.165, 1.54) is 24.3 Å². The van der Waals surface area contributed by atoms with Gasteiger partial charge in [0.2, 0.25) is 10.0 Å². The van der Waals surface area contributed by atoms with Crippen LogP contribution in [-0.4, -0.2) is 8.42 Å². The van der Waals surface area contributed by atoms with Crippen molar-refractivity contribution in [1.82, 2.24) is 4.72 Å². The Morgan fingerprint density at radius 2 is 1.64 bits per heavy atom. The fourth-order valence-electron chi connectivity index (χ4n) is 1.67. The minimum absolute atomic E-state index is 0.130. The van der Waals surface area contributed by atoms with Crippen molar-refractivity contribution in [2.24, 2.45) is 0 Å². The van der Waals surface area contributed by atoms with Gasteiger partial charge in [-0.15, -0.1) is 0 Å². The molecular formula is C14H9F3N2O2S. The molecule has 1 N–H and O–H groups in total. The monoisotopic (exact) mass is 326 g/mol. The highest BCUT2D eigenvalue weighted by atomic mass is 32.2. The molecule has 0 bridgehead atoms. The van der Waals surface area contributed by atoms with Crippen LogP contribution < -0.4 is 4.72 Å². The van der Waals surface area contributed by atoms with Gasteiger partial charge < -0.3 is 0 Å². The van der Waals surface area contributed by atoms with E-state index in [1.54, 1.807) is 0 Å². The lowest BCUT2D eigenvalue weighted by Crippen LogP contribution is -2.24. The first-order chi connectivity index (χ1) is 10.3. The second-order valence-corrected chi connectivity index (χ2v) is 6.06. The van der Waals surface area contributed by atoms with Crippen LogP contribution in [0.25, 0.3) is 0 Å². The normalized spacial score (nSPS) is 11.2. The lowest BCUT2D eigenvalue weighted by molar-refractivity contribution is 0.440. The van der Waals surface area contributed by atoms with E-state index in [2.05, 4.69) is 4.72 Å². The first-order valence-electron chi connectivity index (χ1n) is 5.97. The van der Waals surface area contributed by atoms with Crippen LogP contribution in [0.1, 0.15) is 11.1 Å². The number of rotatable bonds is 4. The molecule has 2 aromatic carbocycles. The molecule has 0 aliphatic rings. The van der Waals surface area contributed by atoms with Gasteiger partial charge in [-0.05, 0) is 30.3 Å². The Kier molecular flexibility index (Phi) is 4.49. The molecule has 0 fully saturated rings. The Hall–Kier alpha value is -2.37. The van der Waals surface area contributed by atoms with Gasteiger partial charge in [0.05, 0.1) is 16.5 Å². The average molecular weight is 326 g/mol. The van der Waals surface area contributed by atoms with E-state index in [0.717, 1.165) is 6.07 Å². The minimum atomic E-state index is -3.97. The number of benzene rings is 2. The third-order valence-electron chi connectivity index (χ3n) is 2.86. The zero-order valence-corrected chi connectivity index (χ0v) is 11.8. The van der Waals surface area contributed by atoms with Crippen molar-refractivity contribution in [3.8, 4) is 6.07 Å². The Labute approximate surface area is 124 Å². The molecule has 0 saturated carbocycles. The van der Waals surface area contributed by atoms with Crippen molar-refractivity contribution < 1.29 is 21.6 Å². The van der Waals surface area contributed by atoms with E-state index in [-0.39, 0.29) is 16.0 Å². The maximum absolute atomic E-state index is 13.5. The third-order valence-corrected chi connectivity index (χ3v) is 4.28. The summed E-state index contributed by atoms with van der Waals surface area (Å²) in [6.07, 6.45) is 0. The van der Waals surface area contributed by atoms with Crippen molar-refractivity contribution in [1.29, 1.82) is 5.26 Å². The number of sulfonamides is 1. The molecule has 0 radical (unpaired) electrons. The van der Waals surface area contributed by atoms with Gasteiger partial charge in [0, 0.05) is 12.1 Å². The predicted molar refractivity (Wildman–Crippen MR) is 71.5 cm³/mol. The van der Waals surface area contributed by atoms with Crippen LogP contribution in [0.15, 0.2) is 41.3 Å². The van der Waals surface area contributed by atoms with Crippen LogP contribution in [0.3, 0.4) is 0 Å². The molecule has 2 rings (SSSR count).